The van der Waals surface area contributed by atoms with Gasteiger partial charge in [-0.1, -0.05) is 30.8 Å². The Morgan fingerprint density at radius 1 is 1.37 bits per heavy atom. The summed E-state index contributed by atoms with van der Waals surface area (Å²) in [4.78, 5) is 4.35. The molecule has 0 aromatic carbocycles. The molecule has 108 valence electrons. The third-order valence-electron chi connectivity index (χ3n) is 3.70. The van der Waals surface area contributed by atoms with Crippen molar-refractivity contribution in [3.8, 4) is 0 Å². The third-order valence-corrected chi connectivity index (χ3v) is 3.70. The molecular formula is C13H23N3O3. The Balaban J connectivity index is 2.24. The highest BCUT2D eigenvalue weighted by molar-refractivity contribution is 5.04. The van der Waals surface area contributed by atoms with E-state index in [1.807, 2.05) is 6.92 Å². The number of rotatable bonds is 5. The lowest BCUT2D eigenvalue weighted by Gasteiger charge is -2.29. The van der Waals surface area contributed by atoms with Crippen molar-refractivity contribution in [2.75, 3.05) is 13.2 Å². The maximum absolute atomic E-state index is 9.04. The van der Waals surface area contributed by atoms with Gasteiger partial charge >= 0.3 is 0 Å². The van der Waals surface area contributed by atoms with Crippen LogP contribution in [0.2, 0.25) is 0 Å². The Morgan fingerprint density at radius 3 is 2.63 bits per heavy atom. The standard InChI is InChI=1S/C13H23N3O3/c1-2-18-13(7-5-3-4-6-8-13)12-15-11(19-16-12)10(14)9-17/h10,17H,2-9,14H2,1H3/t10-/m1/s1. The molecule has 0 unspecified atom stereocenters. The minimum atomic E-state index is -0.620. The van der Waals surface area contributed by atoms with E-state index in [1.54, 1.807) is 0 Å². The number of hydrogen-bond donors (Lipinski definition) is 2. The third kappa shape index (κ3) is 3.13. The fourth-order valence-corrected chi connectivity index (χ4v) is 2.66. The molecule has 0 spiro atoms. The summed E-state index contributed by atoms with van der Waals surface area (Å²) in [5.74, 6) is 0.857. The summed E-state index contributed by atoms with van der Waals surface area (Å²) in [6.07, 6.45) is 6.47. The smallest absolute Gasteiger partial charge is 0.246 e. The fraction of sp³-hybridized carbons (Fsp3) is 0.846. The van der Waals surface area contributed by atoms with Crippen LogP contribution in [0.1, 0.15) is 63.2 Å². The molecule has 1 atom stereocenters. The monoisotopic (exact) mass is 269 g/mol. The van der Waals surface area contributed by atoms with Crippen LogP contribution < -0.4 is 5.73 Å². The predicted molar refractivity (Wildman–Crippen MR) is 69.3 cm³/mol. The van der Waals surface area contributed by atoms with Crippen LogP contribution in [0.15, 0.2) is 4.52 Å². The Bertz CT molecular complexity index is 386. The van der Waals surface area contributed by atoms with Gasteiger partial charge in [-0.2, -0.15) is 4.98 Å². The zero-order valence-corrected chi connectivity index (χ0v) is 11.5. The van der Waals surface area contributed by atoms with Gasteiger partial charge in [-0.3, -0.25) is 0 Å². The first-order valence-electron chi connectivity index (χ1n) is 7.06. The zero-order chi connectivity index (χ0) is 13.7. The highest BCUT2D eigenvalue weighted by atomic mass is 16.5. The molecule has 1 saturated carbocycles. The van der Waals surface area contributed by atoms with Gasteiger partial charge in [0.1, 0.15) is 11.6 Å². The summed E-state index contributed by atoms with van der Waals surface area (Å²) >= 11 is 0. The number of nitrogens with two attached hydrogens (primary N) is 1. The highest BCUT2D eigenvalue weighted by Crippen LogP contribution is 2.38. The average Bonchev–Trinajstić information content (AvgIpc) is 2.81. The number of nitrogens with zero attached hydrogens (tertiary/aromatic N) is 2. The molecule has 0 saturated heterocycles. The van der Waals surface area contributed by atoms with E-state index in [0.29, 0.717) is 12.4 Å². The van der Waals surface area contributed by atoms with Gasteiger partial charge in [-0.25, -0.2) is 0 Å². The Kier molecular flexibility index (Phi) is 4.90. The van der Waals surface area contributed by atoms with Gasteiger partial charge in [0.25, 0.3) is 0 Å². The van der Waals surface area contributed by atoms with Gasteiger partial charge < -0.3 is 20.1 Å². The van der Waals surface area contributed by atoms with Gasteiger partial charge in [-0.05, 0) is 19.8 Å². The first-order chi connectivity index (χ1) is 9.22. The van der Waals surface area contributed by atoms with Crippen molar-refractivity contribution in [3.63, 3.8) is 0 Å². The molecule has 1 heterocycles. The lowest BCUT2D eigenvalue weighted by atomic mass is 9.93. The van der Waals surface area contributed by atoms with E-state index in [0.717, 1.165) is 25.7 Å². The number of ether oxygens (including phenoxy) is 1. The van der Waals surface area contributed by atoms with Crippen molar-refractivity contribution >= 4 is 0 Å². The highest BCUT2D eigenvalue weighted by Gasteiger charge is 2.38. The molecule has 1 aromatic rings. The van der Waals surface area contributed by atoms with Crippen LogP contribution in [-0.2, 0) is 10.3 Å². The molecule has 1 aliphatic rings. The zero-order valence-electron chi connectivity index (χ0n) is 11.5. The normalized spacial score (nSPS) is 21.0. The Morgan fingerprint density at radius 2 is 2.05 bits per heavy atom. The second-order valence-electron chi connectivity index (χ2n) is 5.09. The molecule has 0 aliphatic heterocycles. The van der Waals surface area contributed by atoms with Crippen LogP contribution in [-0.4, -0.2) is 28.5 Å². The Labute approximate surface area is 113 Å². The molecule has 1 aromatic heterocycles. The topological polar surface area (TPSA) is 94.4 Å². The van der Waals surface area contributed by atoms with Crippen LogP contribution in [0.5, 0.6) is 0 Å². The van der Waals surface area contributed by atoms with Crippen LogP contribution in [0, 0.1) is 0 Å². The SMILES string of the molecule is CCOC1(c2noc([C@H](N)CO)n2)CCCCCC1. The number of aliphatic hydroxyl groups is 1. The van der Waals surface area contributed by atoms with E-state index in [4.69, 9.17) is 20.1 Å². The van der Waals surface area contributed by atoms with Crippen molar-refractivity contribution in [3.05, 3.63) is 11.7 Å². The van der Waals surface area contributed by atoms with E-state index in [2.05, 4.69) is 10.1 Å². The van der Waals surface area contributed by atoms with E-state index in [1.165, 1.54) is 12.8 Å². The molecule has 0 amide bonds. The summed E-state index contributed by atoms with van der Waals surface area (Å²) < 4.78 is 11.1. The lowest BCUT2D eigenvalue weighted by molar-refractivity contribution is -0.0636. The number of aliphatic hydroxyl groups excluding tert-OH is 1. The van der Waals surface area contributed by atoms with Crippen molar-refractivity contribution < 1.29 is 14.4 Å². The molecule has 0 radical (unpaired) electrons. The summed E-state index contributed by atoms with van der Waals surface area (Å²) in [5, 5.41) is 13.1. The van der Waals surface area contributed by atoms with E-state index in [-0.39, 0.29) is 12.5 Å². The average molecular weight is 269 g/mol. The number of hydrogen-bond acceptors (Lipinski definition) is 6. The van der Waals surface area contributed by atoms with Crippen LogP contribution >= 0.6 is 0 Å². The van der Waals surface area contributed by atoms with E-state index in [9.17, 15) is 0 Å². The van der Waals surface area contributed by atoms with Gasteiger partial charge in [0.2, 0.25) is 11.7 Å². The molecular weight excluding hydrogens is 246 g/mol. The van der Waals surface area contributed by atoms with E-state index < -0.39 is 11.6 Å². The molecule has 19 heavy (non-hydrogen) atoms. The molecule has 1 aliphatic carbocycles. The Hall–Kier alpha value is -0.980. The number of aromatic nitrogens is 2. The van der Waals surface area contributed by atoms with Gasteiger partial charge in [0.05, 0.1) is 6.61 Å². The first-order valence-corrected chi connectivity index (χ1v) is 7.06. The molecule has 6 nitrogen and oxygen atoms in total. The van der Waals surface area contributed by atoms with Crippen LogP contribution in [0.4, 0.5) is 0 Å². The van der Waals surface area contributed by atoms with Gasteiger partial charge in [-0.15, -0.1) is 0 Å². The lowest BCUT2D eigenvalue weighted by Crippen LogP contribution is -2.31. The molecule has 3 N–H and O–H groups in total. The summed E-state index contributed by atoms with van der Waals surface area (Å²) in [5.41, 5.74) is 5.26. The molecule has 2 rings (SSSR count). The van der Waals surface area contributed by atoms with Crippen molar-refractivity contribution in [1.82, 2.24) is 10.1 Å². The second-order valence-corrected chi connectivity index (χ2v) is 5.09. The van der Waals surface area contributed by atoms with Crippen molar-refractivity contribution in [2.24, 2.45) is 5.73 Å². The maximum atomic E-state index is 9.04. The van der Waals surface area contributed by atoms with E-state index >= 15 is 0 Å². The van der Waals surface area contributed by atoms with Gasteiger partial charge in [0, 0.05) is 6.61 Å². The fourth-order valence-electron chi connectivity index (χ4n) is 2.66. The largest absolute Gasteiger partial charge is 0.394 e. The molecule has 6 heteroatoms. The minimum Gasteiger partial charge on any atom is -0.394 e. The maximum Gasteiger partial charge on any atom is 0.246 e. The van der Waals surface area contributed by atoms with Crippen molar-refractivity contribution in [2.45, 2.75) is 57.1 Å². The predicted octanol–water partition coefficient (Wildman–Crippen LogP) is 1.65. The summed E-state index contributed by atoms with van der Waals surface area (Å²) in [7, 11) is 0. The molecule has 1 fully saturated rings. The second kappa shape index (κ2) is 6.45. The quantitative estimate of drug-likeness (QED) is 0.789. The molecule has 0 bridgehead atoms. The summed E-state index contributed by atoms with van der Waals surface area (Å²) in [6.45, 7) is 2.40. The minimum absolute atomic E-state index is 0.205. The first kappa shape index (κ1) is 14.4. The van der Waals surface area contributed by atoms with Crippen LogP contribution in [0.25, 0.3) is 0 Å². The van der Waals surface area contributed by atoms with Gasteiger partial charge in [0.15, 0.2) is 0 Å². The summed E-state index contributed by atoms with van der Waals surface area (Å²) in [6, 6.07) is -0.620. The van der Waals surface area contributed by atoms with Crippen molar-refractivity contribution in [1.29, 1.82) is 0 Å². The van der Waals surface area contributed by atoms with Crippen LogP contribution in [0.3, 0.4) is 0 Å².